The topological polar surface area (TPSA) is 48.5 Å². The molecule has 0 aliphatic carbocycles. The third-order valence-corrected chi connectivity index (χ3v) is 4.74. The van der Waals surface area contributed by atoms with Gasteiger partial charge in [0.05, 0.1) is 28.0 Å². The van der Waals surface area contributed by atoms with E-state index in [4.69, 9.17) is 28.2 Å². The van der Waals surface area contributed by atoms with Gasteiger partial charge in [-0.05, 0) is 30.7 Å². The summed E-state index contributed by atoms with van der Waals surface area (Å²) in [6.07, 6.45) is 1.86. The molecule has 0 unspecified atom stereocenters. The summed E-state index contributed by atoms with van der Waals surface area (Å²) < 4.78 is 0. The lowest BCUT2D eigenvalue weighted by molar-refractivity contribution is 0.673. The Labute approximate surface area is 158 Å². The molecule has 1 heterocycles. The molecule has 25 heavy (non-hydrogen) atoms. The van der Waals surface area contributed by atoms with Crippen molar-refractivity contribution in [1.82, 2.24) is 5.32 Å². The van der Waals surface area contributed by atoms with E-state index >= 15 is 0 Å². The van der Waals surface area contributed by atoms with Gasteiger partial charge in [-0.2, -0.15) is 0 Å². The molecule has 0 spiro atoms. The van der Waals surface area contributed by atoms with Crippen LogP contribution in [0, 0.1) is 0 Å². The van der Waals surface area contributed by atoms with E-state index in [1.165, 1.54) is 5.56 Å². The van der Waals surface area contributed by atoms with E-state index in [0.29, 0.717) is 16.6 Å². The number of hydrogen-bond acceptors (Lipinski definition) is 3. The third kappa shape index (κ3) is 5.36. The molecule has 0 aromatic heterocycles. The first kappa shape index (κ1) is 18.1. The molecule has 2 aromatic rings. The summed E-state index contributed by atoms with van der Waals surface area (Å²) in [5.41, 5.74) is 3.04. The Hall–Kier alpha value is -1.75. The monoisotopic (exact) mass is 376 g/mol. The lowest BCUT2D eigenvalue weighted by atomic mass is 10.2. The van der Waals surface area contributed by atoms with Gasteiger partial charge < -0.3 is 16.0 Å². The number of nitrogens with one attached hydrogen (secondary N) is 3. The van der Waals surface area contributed by atoms with Crippen molar-refractivity contribution in [3.63, 3.8) is 0 Å². The van der Waals surface area contributed by atoms with Crippen LogP contribution in [-0.4, -0.2) is 25.5 Å². The molecule has 6 heteroatoms. The van der Waals surface area contributed by atoms with Gasteiger partial charge in [0.25, 0.3) is 0 Å². The summed E-state index contributed by atoms with van der Waals surface area (Å²) >= 11 is 12.4. The number of fused-ring (bicyclic) bond motifs is 1. The van der Waals surface area contributed by atoms with E-state index in [0.717, 1.165) is 49.7 Å². The first-order valence-corrected chi connectivity index (χ1v) is 9.26. The second-order valence-electron chi connectivity index (χ2n) is 5.97. The Morgan fingerprint density at radius 1 is 0.920 bits per heavy atom. The molecular weight excluding hydrogens is 355 g/mol. The summed E-state index contributed by atoms with van der Waals surface area (Å²) in [5, 5.41) is 11.4. The zero-order chi connectivity index (χ0) is 17.5. The highest BCUT2D eigenvalue weighted by atomic mass is 35.5. The molecule has 2 aromatic carbocycles. The largest absolute Gasteiger partial charge is 0.383 e. The quantitative estimate of drug-likeness (QED) is 0.705. The summed E-state index contributed by atoms with van der Waals surface area (Å²) in [4.78, 5) is 4.77. The Kier molecular flexibility index (Phi) is 6.56. The van der Waals surface area contributed by atoms with Gasteiger partial charge in [-0.3, -0.25) is 4.99 Å². The van der Waals surface area contributed by atoms with Crippen LogP contribution in [0.4, 0.5) is 11.4 Å². The van der Waals surface area contributed by atoms with Gasteiger partial charge in [-0.25, -0.2) is 0 Å². The van der Waals surface area contributed by atoms with Crippen LogP contribution in [-0.2, 0) is 6.54 Å². The maximum atomic E-state index is 6.21. The molecule has 0 radical (unpaired) electrons. The molecule has 1 aliphatic rings. The maximum absolute atomic E-state index is 6.21. The minimum absolute atomic E-state index is 0.533. The van der Waals surface area contributed by atoms with Crippen LogP contribution < -0.4 is 16.0 Å². The molecule has 1 aliphatic heterocycles. The van der Waals surface area contributed by atoms with Crippen molar-refractivity contribution in [2.75, 3.05) is 30.3 Å². The molecule has 132 valence electrons. The Bertz CT molecular complexity index is 732. The molecule has 0 saturated carbocycles. The number of hydrogen-bond donors (Lipinski definition) is 3. The zero-order valence-corrected chi connectivity index (χ0v) is 15.5. The van der Waals surface area contributed by atoms with E-state index in [1.54, 1.807) is 0 Å². The van der Waals surface area contributed by atoms with Gasteiger partial charge in [0.1, 0.15) is 5.84 Å². The Morgan fingerprint density at radius 3 is 2.48 bits per heavy atom. The van der Waals surface area contributed by atoms with E-state index in [1.807, 2.05) is 30.3 Å². The zero-order valence-electron chi connectivity index (χ0n) is 14.0. The summed E-state index contributed by atoms with van der Waals surface area (Å²) in [6, 6.07) is 14.0. The van der Waals surface area contributed by atoms with Crippen molar-refractivity contribution in [3.8, 4) is 0 Å². The van der Waals surface area contributed by atoms with Crippen molar-refractivity contribution in [3.05, 3.63) is 58.1 Å². The SMILES string of the molecule is Clc1cc2c(cc1Cl)NC(=NCc1ccccc1)CCNCCCN2. The Balaban J connectivity index is 1.85. The molecule has 4 nitrogen and oxygen atoms in total. The minimum Gasteiger partial charge on any atom is -0.383 e. The molecule has 0 atom stereocenters. The number of anilines is 2. The molecule has 0 saturated heterocycles. The van der Waals surface area contributed by atoms with Gasteiger partial charge >= 0.3 is 0 Å². The number of benzene rings is 2. The van der Waals surface area contributed by atoms with E-state index < -0.39 is 0 Å². The van der Waals surface area contributed by atoms with Crippen LogP contribution in [0.15, 0.2) is 47.5 Å². The van der Waals surface area contributed by atoms with Crippen molar-refractivity contribution < 1.29 is 0 Å². The standard InChI is InChI=1S/C19H22Cl2N4/c20-15-11-17-18(12-16(15)21)25-19(7-10-22-8-4-9-23-17)24-13-14-5-2-1-3-6-14/h1-3,5-6,11-12,22-23H,4,7-10,13H2,(H,24,25). The van der Waals surface area contributed by atoms with E-state index in [2.05, 4.69) is 28.1 Å². The van der Waals surface area contributed by atoms with Crippen molar-refractivity contribution in [2.24, 2.45) is 4.99 Å². The lowest BCUT2D eigenvalue weighted by Gasteiger charge is -2.16. The first-order valence-electron chi connectivity index (χ1n) is 8.50. The number of nitrogens with zero attached hydrogens (tertiary/aromatic N) is 1. The molecular formula is C19H22Cl2N4. The normalized spacial score (nSPS) is 17.1. The molecule has 3 rings (SSSR count). The molecule has 0 fully saturated rings. The van der Waals surface area contributed by atoms with E-state index in [9.17, 15) is 0 Å². The van der Waals surface area contributed by atoms with Crippen molar-refractivity contribution in [1.29, 1.82) is 0 Å². The number of amidine groups is 1. The lowest BCUT2D eigenvalue weighted by Crippen LogP contribution is -2.23. The predicted molar refractivity (Wildman–Crippen MR) is 108 cm³/mol. The van der Waals surface area contributed by atoms with Gasteiger partial charge in [0, 0.05) is 19.5 Å². The number of rotatable bonds is 2. The second-order valence-corrected chi connectivity index (χ2v) is 6.78. The predicted octanol–water partition coefficient (Wildman–Crippen LogP) is 4.80. The van der Waals surface area contributed by atoms with Crippen LogP contribution in [0.2, 0.25) is 10.0 Å². The van der Waals surface area contributed by atoms with Gasteiger partial charge in [0.15, 0.2) is 0 Å². The third-order valence-electron chi connectivity index (χ3n) is 4.02. The van der Waals surface area contributed by atoms with E-state index in [-0.39, 0.29) is 0 Å². The molecule has 0 bridgehead atoms. The average molecular weight is 377 g/mol. The second kappa shape index (κ2) is 9.09. The van der Waals surface area contributed by atoms with Crippen LogP contribution in [0.1, 0.15) is 18.4 Å². The van der Waals surface area contributed by atoms with Gasteiger partial charge in [-0.15, -0.1) is 0 Å². The van der Waals surface area contributed by atoms with Gasteiger partial charge in [0.2, 0.25) is 0 Å². The van der Waals surface area contributed by atoms with Gasteiger partial charge in [-0.1, -0.05) is 53.5 Å². The number of halogens is 2. The van der Waals surface area contributed by atoms with Crippen LogP contribution >= 0.6 is 23.2 Å². The fourth-order valence-electron chi connectivity index (χ4n) is 2.67. The first-order chi connectivity index (χ1) is 12.2. The van der Waals surface area contributed by atoms with Crippen LogP contribution in [0.5, 0.6) is 0 Å². The fourth-order valence-corrected chi connectivity index (χ4v) is 3.00. The number of aliphatic imine (C=N–C) groups is 1. The summed E-state index contributed by atoms with van der Waals surface area (Å²) in [6.45, 7) is 3.37. The van der Waals surface area contributed by atoms with Crippen molar-refractivity contribution >= 4 is 40.4 Å². The van der Waals surface area contributed by atoms with Crippen LogP contribution in [0.3, 0.4) is 0 Å². The highest BCUT2D eigenvalue weighted by Crippen LogP contribution is 2.33. The highest BCUT2D eigenvalue weighted by molar-refractivity contribution is 6.42. The average Bonchev–Trinajstić information content (AvgIpc) is 2.66. The smallest absolute Gasteiger partial charge is 0.102 e. The van der Waals surface area contributed by atoms with Crippen molar-refractivity contribution in [2.45, 2.75) is 19.4 Å². The molecule has 0 amide bonds. The fraction of sp³-hybridized carbons (Fsp3) is 0.316. The summed E-state index contributed by atoms with van der Waals surface area (Å²) in [7, 11) is 0. The maximum Gasteiger partial charge on any atom is 0.102 e. The molecule has 3 N–H and O–H groups in total. The summed E-state index contributed by atoms with van der Waals surface area (Å²) in [5.74, 6) is 0.930. The highest BCUT2D eigenvalue weighted by Gasteiger charge is 2.11. The Morgan fingerprint density at radius 2 is 1.68 bits per heavy atom. The minimum atomic E-state index is 0.533. The van der Waals surface area contributed by atoms with Crippen LogP contribution in [0.25, 0.3) is 0 Å².